The Kier molecular flexibility index (Phi) is 2.95. The first kappa shape index (κ1) is 12.1. The van der Waals surface area contributed by atoms with Gasteiger partial charge in [-0.1, -0.05) is 0 Å². The molecule has 96 valence electrons. The first-order chi connectivity index (χ1) is 9.16. The largest absolute Gasteiger partial charge is 0.343 e. The Morgan fingerprint density at radius 2 is 2.05 bits per heavy atom. The van der Waals surface area contributed by atoms with Crippen LogP contribution in [-0.4, -0.2) is 19.5 Å². The molecular weight excluding hydrogens is 260 g/mol. The quantitative estimate of drug-likeness (QED) is 0.668. The SMILES string of the molecule is CC(C)n1cc(-c2ccnc(Cl)n2)c2ccncc21. The fourth-order valence-electron chi connectivity index (χ4n) is 2.21. The summed E-state index contributed by atoms with van der Waals surface area (Å²) >= 11 is 5.87. The van der Waals surface area contributed by atoms with Crippen molar-refractivity contribution in [2.75, 3.05) is 0 Å². The molecule has 0 aliphatic rings. The normalized spacial score (nSPS) is 11.4. The Hall–Kier alpha value is -1.94. The van der Waals surface area contributed by atoms with Gasteiger partial charge in [0.05, 0.1) is 17.4 Å². The molecule has 0 spiro atoms. The van der Waals surface area contributed by atoms with E-state index < -0.39 is 0 Å². The Balaban J connectivity index is 2.30. The summed E-state index contributed by atoms with van der Waals surface area (Å²) in [5.41, 5.74) is 2.98. The molecule has 5 heteroatoms. The van der Waals surface area contributed by atoms with Crippen LogP contribution in [0, 0.1) is 0 Å². The molecule has 0 saturated heterocycles. The van der Waals surface area contributed by atoms with Crippen LogP contribution in [0.25, 0.3) is 22.2 Å². The Morgan fingerprint density at radius 1 is 1.21 bits per heavy atom. The number of pyridine rings is 1. The van der Waals surface area contributed by atoms with Gasteiger partial charge in [0.15, 0.2) is 0 Å². The molecule has 0 unspecified atom stereocenters. The lowest BCUT2D eigenvalue weighted by molar-refractivity contribution is 0.622. The number of hydrogen-bond acceptors (Lipinski definition) is 3. The lowest BCUT2D eigenvalue weighted by Crippen LogP contribution is -1.97. The second kappa shape index (κ2) is 4.63. The van der Waals surface area contributed by atoms with Crippen LogP contribution in [0.5, 0.6) is 0 Å². The third-order valence-corrected chi connectivity index (χ3v) is 3.28. The van der Waals surface area contributed by atoms with Gasteiger partial charge in [-0.3, -0.25) is 4.98 Å². The zero-order chi connectivity index (χ0) is 13.4. The zero-order valence-electron chi connectivity index (χ0n) is 10.7. The summed E-state index contributed by atoms with van der Waals surface area (Å²) in [7, 11) is 0. The van der Waals surface area contributed by atoms with Crippen LogP contribution in [-0.2, 0) is 0 Å². The number of fused-ring (bicyclic) bond motifs is 1. The van der Waals surface area contributed by atoms with E-state index in [1.807, 2.05) is 18.3 Å². The monoisotopic (exact) mass is 272 g/mol. The molecule has 3 aromatic heterocycles. The summed E-state index contributed by atoms with van der Waals surface area (Å²) < 4.78 is 2.19. The van der Waals surface area contributed by atoms with E-state index in [0.29, 0.717) is 6.04 Å². The molecule has 19 heavy (non-hydrogen) atoms. The van der Waals surface area contributed by atoms with Crippen LogP contribution >= 0.6 is 11.6 Å². The lowest BCUT2D eigenvalue weighted by Gasteiger charge is -2.07. The Bertz CT molecular complexity index is 733. The first-order valence-corrected chi connectivity index (χ1v) is 6.48. The van der Waals surface area contributed by atoms with Crippen LogP contribution in [0.1, 0.15) is 19.9 Å². The molecule has 0 amide bonds. The van der Waals surface area contributed by atoms with Gasteiger partial charge < -0.3 is 4.57 Å². The van der Waals surface area contributed by atoms with Gasteiger partial charge in [0.2, 0.25) is 5.28 Å². The maximum Gasteiger partial charge on any atom is 0.222 e. The second-order valence-electron chi connectivity index (χ2n) is 4.65. The highest BCUT2D eigenvalue weighted by atomic mass is 35.5. The summed E-state index contributed by atoms with van der Waals surface area (Å²) in [4.78, 5) is 12.4. The van der Waals surface area contributed by atoms with Crippen molar-refractivity contribution in [3.05, 3.63) is 42.2 Å². The molecule has 0 aromatic carbocycles. The summed E-state index contributed by atoms with van der Waals surface area (Å²) in [6, 6.07) is 4.23. The van der Waals surface area contributed by atoms with Crippen molar-refractivity contribution in [3.63, 3.8) is 0 Å². The van der Waals surface area contributed by atoms with Crippen LogP contribution in [0.15, 0.2) is 36.9 Å². The first-order valence-electron chi connectivity index (χ1n) is 6.10. The van der Waals surface area contributed by atoms with Gasteiger partial charge in [-0.05, 0) is 37.6 Å². The molecule has 4 nitrogen and oxygen atoms in total. The average Bonchev–Trinajstić information content (AvgIpc) is 2.78. The van der Waals surface area contributed by atoms with Gasteiger partial charge in [-0.25, -0.2) is 9.97 Å². The van der Waals surface area contributed by atoms with Crippen LogP contribution < -0.4 is 0 Å². The maximum absolute atomic E-state index is 5.87. The molecule has 0 saturated carbocycles. The van der Waals surface area contributed by atoms with Crippen molar-refractivity contribution in [1.82, 2.24) is 19.5 Å². The molecule has 0 fully saturated rings. The van der Waals surface area contributed by atoms with Gasteiger partial charge in [0, 0.05) is 35.6 Å². The van der Waals surface area contributed by atoms with Crippen molar-refractivity contribution in [2.45, 2.75) is 19.9 Å². The second-order valence-corrected chi connectivity index (χ2v) is 4.99. The van der Waals surface area contributed by atoms with Crippen molar-refractivity contribution < 1.29 is 0 Å². The van der Waals surface area contributed by atoms with E-state index >= 15 is 0 Å². The van der Waals surface area contributed by atoms with Gasteiger partial charge in [-0.2, -0.15) is 0 Å². The predicted molar refractivity (Wildman–Crippen MR) is 76.2 cm³/mol. The fourth-order valence-corrected chi connectivity index (χ4v) is 2.36. The molecule has 0 bridgehead atoms. The van der Waals surface area contributed by atoms with E-state index in [4.69, 9.17) is 11.6 Å². The molecule has 0 atom stereocenters. The Morgan fingerprint density at radius 3 is 2.79 bits per heavy atom. The van der Waals surface area contributed by atoms with Gasteiger partial charge in [0.25, 0.3) is 0 Å². The lowest BCUT2D eigenvalue weighted by atomic mass is 10.1. The maximum atomic E-state index is 5.87. The van der Waals surface area contributed by atoms with Crippen molar-refractivity contribution >= 4 is 22.5 Å². The van der Waals surface area contributed by atoms with E-state index in [1.165, 1.54) is 0 Å². The number of halogens is 1. The molecule has 3 aromatic rings. The van der Waals surface area contributed by atoms with Gasteiger partial charge in [-0.15, -0.1) is 0 Å². The van der Waals surface area contributed by atoms with E-state index in [9.17, 15) is 0 Å². The molecule has 0 aliphatic carbocycles. The van der Waals surface area contributed by atoms with Crippen LogP contribution in [0.3, 0.4) is 0 Å². The Labute approximate surface area is 116 Å². The summed E-state index contributed by atoms with van der Waals surface area (Å²) in [6.07, 6.45) is 7.43. The van der Waals surface area contributed by atoms with Gasteiger partial charge >= 0.3 is 0 Å². The third kappa shape index (κ3) is 2.08. The molecule has 3 heterocycles. The van der Waals surface area contributed by atoms with Crippen molar-refractivity contribution in [2.24, 2.45) is 0 Å². The number of nitrogens with zero attached hydrogens (tertiary/aromatic N) is 4. The van der Waals surface area contributed by atoms with Crippen molar-refractivity contribution in [1.29, 1.82) is 0 Å². The van der Waals surface area contributed by atoms with Crippen molar-refractivity contribution in [3.8, 4) is 11.3 Å². The summed E-state index contributed by atoms with van der Waals surface area (Å²) in [5, 5.41) is 1.38. The van der Waals surface area contributed by atoms with Crippen LogP contribution in [0.2, 0.25) is 5.28 Å². The smallest absolute Gasteiger partial charge is 0.222 e. The standard InChI is InChI=1S/C14H13ClN4/c1-9(2)19-8-11(10-3-5-16-7-13(10)19)12-4-6-17-14(15)18-12/h3-9H,1-2H3. The van der Waals surface area contributed by atoms with Crippen LogP contribution in [0.4, 0.5) is 0 Å². The zero-order valence-corrected chi connectivity index (χ0v) is 11.5. The predicted octanol–water partition coefficient (Wildman–Crippen LogP) is 3.73. The highest BCUT2D eigenvalue weighted by Crippen LogP contribution is 2.31. The molecule has 0 radical (unpaired) electrons. The minimum atomic E-state index is 0.261. The molecule has 3 rings (SSSR count). The topological polar surface area (TPSA) is 43.6 Å². The average molecular weight is 273 g/mol. The van der Waals surface area contributed by atoms with Gasteiger partial charge in [0.1, 0.15) is 0 Å². The summed E-state index contributed by atoms with van der Waals surface area (Å²) in [5.74, 6) is 0. The number of rotatable bonds is 2. The third-order valence-electron chi connectivity index (χ3n) is 3.10. The molecule has 0 aliphatic heterocycles. The number of hydrogen-bond donors (Lipinski definition) is 0. The minimum Gasteiger partial charge on any atom is -0.343 e. The highest BCUT2D eigenvalue weighted by molar-refractivity contribution is 6.28. The van der Waals surface area contributed by atoms with E-state index in [2.05, 4.69) is 39.6 Å². The fraction of sp³-hybridized carbons (Fsp3) is 0.214. The van der Waals surface area contributed by atoms with E-state index in [1.54, 1.807) is 12.4 Å². The molecular formula is C14H13ClN4. The highest BCUT2D eigenvalue weighted by Gasteiger charge is 2.13. The van der Waals surface area contributed by atoms with E-state index in [0.717, 1.165) is 22.2 Å². The number of aromatic nitrogens is 4. The minimum absolute atomic E-state index is 0.261. The summed E-state index contributed by atoms with van der Waals surface area (Å²) in [6.45, 7) is 4.28. The molecule has 0 N–H and O–H groups in total. The van der Waals surface area contributed by atoms with E-state index in [-0.39, 0.29) is 5.28 Å².